The van der Waals surface area contributed by atoms with Gasteiger partial charge in [0.25, 0.3) is 5.91 Å². The highest BCUT2D eigenvalue weighted by Gasteiger charge is 2.21. The number of pyridine rings is 1. The molecule has 2 heterocycles. The lowest BCUT2D eigenvalue weighted by Crippen LogP contribution is -2.22. The Labute approximate surface area is 156 Å². The van der Waals surface area contributed by atoms with Crippen LogP contribution in [0.1, 0.15) is 29.9 Å². The summed E-state index contributed by atoms with van der Waals surface area (Å²) < 4.78 is 12.2. The third kappa shape index (κ3) is 4.25. The van der Waals surface area contributed by atoms with Gasteiger partial charge in [-0.2, -0.15) is 0 Å². The van der Waals surface area contributed by atoms with E-state index in [1.807, 2.05) is 25.1 Å². The molecular weight excluding hydrogens is 346 g/mol. The van der Waals surface area contributed by atoms with Gasteiger partial charge in [-0.1, -0.05) is 25.1 Å². The number of rotatable bonds is 7. The number of aryl methyl sites for hydroxylation is 1. The van der Waals surface area contributed by atoms with Gasteiger partial charge in [-0.05, 0) is 43.2 Å². The third-order valence-electron chi connectivity index (χ3n) is 3.93. The van der Waals surface area contributed by atoms with Gasteiger partial charge in [-0.15, -0.1) is 0 Å². The molecule has 0 saturated heterocycles. The first-order valence-corrected chi connectivity index (χ1v) is 8.78. The van der Waals surface area contributed by atoms with Crippen molar-refractivity contribution in [3.8, 4) is 5.75 Å². The second-order valence-electron chi connectivity index (χ2n) is 5.80. The Balaban J connectivity index is 1.77. The van der Waals surface area contributed by atoms with Crippen molar-refractivity contribution in [3.63, 3.8) is 0 Å². The number of nitrogens with zero attached hydrogens (tertiary/aromatic N) is 2. The first-order chi connectivity index (χ1) is 13.1. The van der Waals surface area contributed by atoms with Gasteiger partial charge in [0.05, 0.1) is 6.61 Å². The normalized spacial score (nSPS) is 10.6. The van der Waals surface area contributed by atoms with Crippen molar-refractivity contribution in [2.24, 2.45) is 0 Å². The van der Waals surface area contributed by atoms with Crippen LogP contribution in [-0.2, 0) is 16.0 Å². The zero-order valence-electron chi connectivity index (χ0n) is 15.3. The van der Waals surface area contributed by atoms with Crippen LogP contribution in [0.2, 0.25) is 0 Å². The van der Waals surface area contributed by atoms with Crippen molar-refractivity contribution in [2.45, 2.75) is 20.3 Å². The van der Waals surface area contributed by atoms with Crippen molar-refractivity contribution in [3.05, 3.63) is 59.9 Å². The average Bonchev–Trinajstić information content (AvgIpc) is 3.05. The largest absolute Gasteiger partial charge is 0.484 e. The Morgan fingerprint density at radius 2 is 2.00 bits per heavy atom. The standard InChI is InChI=1S/C20H21N3O4/c1-3-14-8-7-9-15(12-14)27-13-17(24)22-19-18(20(25)26-4-2)21-16-10-5-6-11-23(16)19/h5-12H,3-4,13H2,1-2H3,(H,22,24). The summed E-state index contributed by atoms with van der Waals surface area (Å²) in [6, 6.07) is 12.9. The molecule has 140 valence electrons. The number of nitrogens with one attached hydrogen (secondary N) is 1. The molecule has 0 unspecified atom stereocenters. The molecule has 1 aromatic carbocycles. The molecule has 3 rings (SSSR count). The Morgan fingerprint density at radius 3 is 2.78 bits per heavy atom. The number of esters is 1. The van der Waals surface area contributed by atoms with Crippen LogP contribution in [-0.4, -0.2) is 34.5 Å². The summed E-state index contributed by atoms with van der Waals surface area (Å²) >= 11 is 0. The van der Waals surface area contributed by atoms with E-state index in [4.69, 9.17) is 9.47 Å². The second-order valence-corrected chi connectivity index (χ2v) is 5.80. The van der Waals surface area contributed by atoms with Crippen molar-refractivity contribution in [1.82, 2.24) is 9.38 Å². The van der Waals surface area contributed by atoms with Gasteiger partial charge in [-0.3, -0.25) is 9.20 Å². The summed E-state index contributed by atoms with van der Waals surface area (Å²) in [5, 5.41) is 2.71. The summed E-state index contributed by atoms with van der Waals surface area (Å²) in [6.07, 6.45) is 2.60. The molecule has 7 heteroatoms. The van der Waals surface area contributed by atoms with Crippen LogP contribution in [0.25, 0.3) is 5.65 Å². The second kappa shape index (κ2) is 8.35. The summed E-state index contributed by atoms with van der Waals surface area (Å²) in [4.78, 5) is 28.8. The summed E-state index contributed by atoms with van der Waals surface area (Å²) in [5.74, 6) is -0.102. The summed E-state index contributed by atoms with van der Waals surface area (Å²) in [6.45, 7) is 3.80. The molecule has 2 aromatic heterocycles. The smallest absolute Gasteiger partial charge is 0.360 e. The molecule has 0 bridgehead atoms. The van der Waals surface area contributed by atoms with Crippen LogP contribution in [0, 0.1) is 0 Å². The van der Waals surface area contributed by atoms with Gasteiger partial charge in [-0.25, -0.2) is 9.78 Å². The minimum absolute atomic E-state index is 0.0596. The molecule has 3 aromatic rings. The van der Waals surface area contributed by atoms with Crippen LogP contribution < -0.4 is 10.1 Å². The number of carbonyl (C=O) groups excluding carboxylic acids is 2. The number of benzene rings is 1. The van der Waals surface area contributed by atoms with Crippen LogP contribution in [0.4, 0.5) is 5.82 Å². The maximum Gasteiger partial charge on any atom is 0.360 e. The molecule has 0 spiro atoms. The monoisotopic (exact) mass is 367 g/mol. The lowest BCUT2D eigenvalue weighted by molar-refractivity contribution is -0.118. The lowest BCUT2D eigenvalue weighted by atomic mass is 10.2. The molecule has 0 saturated carbocycles. The molecule has 0 aliphatic heterocycles. The van der Waals surface area contributed by atoms with E-state index in [2.05, 4.69) is 10.3 Å². The van der Waals surface area contributed by atoms with E-state index in [1.54, 1.807) is 41.8 Å². The average molecular weight is 367 g/mol. The maximum atomic E-state index is 12.4. The Hall–Kier alpha value is -3.35. The molecule has 0 aliphatic carbocycles. The first kappa shape index (κ1) is 18.4. The Bertz CT molecular complexity index is 965. The van der Waals surface area contributed by atoms with Gasteiger partial charge in [0, 0.05) is 6.20 Å². The molecule has 0 radical (unpaired) electrons. The SMILES string of the molecule is CCOC(=O)c1nc2ccccn2c1NC(=O)COc1cccc(CC)c1. The highest BCUT2D eigenvalue weighted by Crippen LogP contribution is 2.19. The number of anilines is 1. The van der Waals surface area contributed by atoms with E-state index in [9.17, 15) is 9.59 Å². The Kier molecular flexibility index (Phi) is 5.71. The first-order valence-electron chi connectivity index (χ1n) is 8.78. The van der Waals surface area contributed by atoms with Crippen molar-refractivity contribution < 1.29 is 19.1 Å². The summed E-state index contributed by atoms with van der Waals surface area (Å²) in [7, 11) is 0. The molecular formula is C20H21N3O4. The van der Waals surface area contributed by atoms with Crippen LogP contribution in [0.3, 0.4) is 0 Å². The van der Waals surface area contributed by atoms with E-state index >= 15 is 0 Å². The molecule has 7 nitrogen and oxygen atoms in total. The molecule has 1 amide bonds. The fourth-order valence-electron chi connectivity index (χ4n) is 2.63. The zero-order chi connectivity index (χ0) is 19.2. The van der Waals surface area contributed by atoms with E-state index in [0.717, 1.165) is 12.0 Å². The molecule has 27 heavy (non-hydrogen) atoms. The third-order valence-corrected chi connectivity index (χ3v) is 3.93. The molecule has 1 N–H and O–H groups in total. The number of imidazole rings is 1. The predicted octanol–water partition coefficient (Wildman–Crippen LogP) is 3.09. The molecule has 0 aliphatic rings. The van der Waals surface area contributed by atoms with Gasteiger partial charge >= 0.3 is 5.97 Å². The predicted molar refractivity (Wildman–Crippen MR) is 101 cm³/mol. The van der Waals surface area contributed by atoms with Crippen LogP contribution in [0.5, 0.6) is 5.75 Å². The molecule has 0 fully saturated rings. The Morgan fingerprint density at radius 1 is 1.15 bits per heavy atom. The van der Waals surface area contributed by atoms with E-state index in [1.165, 1.54) is 0 Å². The lowest BCUT2D eigenvalue weighted by Gasteiger charge is -2.09. The maximum absolute atomic E-state index is 12.4. The molecule has 0 atom stereocenters. The van der Waals surface area contributed by atoms with Crippen molar-refractivity contribution in [2.75, 3.05) is 18.5 Å². The van der Waals surface area contributed by atoms with E-state index in [0.29, 0.717) is 11.4 Å². The zero-order valence-corrected chi connectivity index (χ0v) is 15.3. The number of carbonyl (C=O) groups is 2. The quantitative estimate of drug-likeness (QED) is 0.649. The number of hydrogen-bond donors (Lipinski definition) is 1. The highest BCUT2D eigenvalue weighted by atomic mass is 16.5. The van der Waals surface area contributed by atoms with Gasteiger partial charge < -0.3 is 14.8 Å². The number of hydrogen-bond acceptors (Lipinski definition) is 5. The van der Waals surface area contributed by atoms with Gasteiger partial charge in [0.15, 0.2) is 18.1 Å². The van der Waals surface area contributed by atoms with E-state index < -0.39 is 11.9 Å². The highest BCUT2D eigenvalue weighted by molar-refractivity contribution is 6.00. The van der Waals surface area contributed by atoms with Crippen LogP contribution >= 0.6 is 0 Å². The van der Waals surface area contributed by atoms with Crippen molar-refractivity contribution in [1.29, 1.82) is 0 Å². The number of aromatic nitrogens is 2. The summed E-state index contributed by atoms with van der Waals surface area (Å²) in [5.41, 5.74) is 1.72. The minimum atomic E-state index is -0.590. The van der Waals surface area contributed by atoms with E-state index in [-0.39, 0.29) is 24.7 Å². The van der Waals surface area contributed by atoms with Crippen molar-refractivity contribution >= 4 is 23.3 Å². The fourth-order valence-corrected chi connectivity index (χ4v) is 2.63. The minimum Gasteiger partial charge on any atom is -0.484 e. The van der Waals surface area contributed by atoms with Crippen LogP contribution in [0.15, 0.2) is 48.7 Å². The number of amides is 1. The fraction of sp³-hybridized carbons (Fsp3) is 0.250. The van der Waals surface area contributed by atoms with Gasteiger partial charge in [0.2, 0.25) is 0 Å². The number of fused-ring (bicyclic) bond motifs is 1. The topological polar surface area (TPSA) is 81.9 Å². The number of ether oxygens (including phenoxy) is 2. The van der Waals surface area contributed by atoms with Gasteiger partial charge in [0.1, 0.15) is 11.4 Å².